The molecule has 0 unspecified atom stereocenters. The number of aliphatic carboxylic acids is 1. The molecule has 6 rings (SSSR count). The normalized spacial score (nSPS) is 42.7. The maximum Gasteiger partial charge on any atom is 0.310 e. The van der Waals surface area contributed by atoms with Gasteiger partial charge in [0.1, 0.15) is 17.3 Å². The van der Waals surface area contributed by atoms with Crippen LogP contribution in [0.3, 0.4) is 0 Å². The first-order valence-electron chi connectivity index (χ1n) is 9.29. The molecule has 140 valence electrons. The van der Waals surface area contributed by atoms with Crippen molar-refractivity contribution in [1.29, 1.82) is 0 Å². The zero-order valence-corrected chi connectivity index (χ0v) is 14.7. The lowest BCUT2D eigenvalue weighted by molar-refractivity contribution is -0.146. The van der Waals surface area contributed by atoms with Crippen LogP contribution in [0.5, 0.6) is 5.75 Å². The summed E-state index contributed by atoms with van der Waals surface area (Å²) in [6.45, 7) is 0.612. The third-order valence-corrected chi connectivity index (χ3v) is 6.96. The van der Waals surface area contributed by atoms with Crippen LogP contribution in [0.15, 0.2) is 30.4 Å². The Morgan fingerprint density at radius 1 is 1.41 bits per heavy atom. The summed E-state index contributed by atoms with van der Waals surface area (Å²) in [5.74, 6) is -1.88. The zero-order valence-electron chi connectivity index (χ0n) is 14.7. The molecule has 0 radical (unpaired) electrons. The molecule has 1 aromatic rings. The van der Waals surface area contributed by atoms with Gasteiger partial charge in [0.25, 0.3) is 0 Å². The molecule has 0 aliphatic carbocycles. The van der Waals surface area contributed by atoms with Crippen LogP contribution < -0.4 is 9.64 Å². The number of hydrogen-bond acceptors (Lipinski definition) is 5. The fraction of sp³-hybridized carbons (Fsp3) is 0.500. The number of carboxylic acid groups (broad SMARTS) is 1. The fourth-order valence-electron chi connectivity index (χ4n) is 6.02. The molecular formula is C20H19NO6. The number of rotatable bonds is 2. The molecule has 5 aliphatic rings. The molecule has 7 atom stereocenters. The third-order valence-electron chi connectivity index (χ3n) is 6.96. The summed E-state index contributed by atoms with van der Waals surface area (Å²) in [6, 6.07) is 5.39. The van der Waals surface area contributed by atoms with Crippen molar-refractivity contribution >= 4 is 17.6 Å². The Morgan fingerprint density at radius 3 is 3.04 bits per heavy atom. The number of ether oxygens (including phenoxy) is 3. The predicted octanol–water partition coefficient (Wildman–Crippen LogP) is 1.53. The van der Waals surface area contributed by atoms with Crippen molar-refractivity contribution in [3.05, 3.63) is 35.9 Å². The first-order chi connectivity index (χ1) is 13.1. The minimum absolute atomic E-state index is 0.0644. The van der Waals surface area contributed by atoms with E-state index in [1.54, 1.807) is 12.0 Å². The van der Waals surface area contributed by atoms with E-state index in [2.05, 4.69) is 0 Å². The second-order valence-electron chi connectivity index (χ2n) is 7.96. The van der Waals surface area contributed by atoms with E-state index in [1.165, 1.54) is 0 Å². The Balaban J connectivity index is 1.57. The lowest BCUT2D eigenvalue weighted by atomic mass is 9.70. The Labute approximate surface area is 155 Å². The molecule has 1 N–H and O–H groups in total. The van der Waals surface area contributed by atoms with Crippen LogP contribution >= 0.6 is 0 Å². The Kier molecular flexibility index (Phi) is 2.85. The molecule has 5 heterocycles. The number of carboxylic acids is 1. The molecular weight excluding hydrogens is 350 g/mol. The smallest absolute Gasteiger partial charge is 0.310 e. The summed E-state index contributed by atoms with van der Waals surface area (Å²) < 4.78 is 17.7. The van der Waals surface area contributed by atoms with E-state index in [-0.39, 0.29) is 24.0 Å². The molecule has 5 aliphatic heterocycles. The average molecular weight is 369 g/mol. The summed E-state index contributed by atoms with van der Waals surface area (Å²) in [5.41, 5.74) is 0.838. The van der Waals surface area contributed by atoms with Gasteiger partial charge in [-0.3, -0.25) is 9.59 Å². The number of benzene rings is 1. The van der Waals surface area contributed by atoms with E-state index in [1.807, 2.05) is 30.4 Å². The van der Waals surface area contributed by atoms with Gasteiger partial charge in [0.2, 0.25) is 5.91 Å². The number of carbonyl (C=O) groups is 2. The van der Waals surface area contributed by atoms with E-state index < -0.39 is 29.5 Å². The molecule has 3 saturated heterocycles. The second-order valence-corrected chi connectivity index (χ2v) is 7.96. The molecule has 7 nitrogen and oxygen atoms in total. The van der Waals surface area contributed by atoms with Crippen LogP contribution in [0.1, 0.15) is 18.1 Å². The van der Waals surface area contributed by atoms with E-state index in [0.717, 1.165) is 17.7 Å². The van der Waals surface area contributed by atoms with Gasteiger partial charge in [-0.15, -0.1) is 0 Å². The van der Waals surface area contributed by atoms with Crippen molar-refractivity contribution in [2.75, 3.05) is 18.6 Å². The fourth-order valence-corrected chi connectivity index (χ4v) is 6.02. The van der Waals surface area contributed by atoms with E-state index in [9.17, 15) is 14.7 Å². The molecule has 7 heteroatoms. The Morgan fingerprint density at radius 2 is 2.26 bits per heavy atom. The third kappa shape index (κ3) is 1.66. The van der Waals surface area contributed by atoms with Gasteiger partial charge < -0.3 is 24.2 Å². The van der Waals surface area contributed by atoms with Crippen LogP contribution in [0, 0.1) is 17.8 Å². The van der Waals surface area contributed by atoms with Gasteiger partial charge >= 0.3 is 5.97 Å². The van der Waals surface area contributed by atoms with Gasteiger partial charge in [-0.2, -0.15) is 0 Å². The van der Waals surface area contributed by atoms with Crippen molar-refractivity contribution < 1.29 is 28.9 Å². The van der Waals surface area contributed by atoms with Gasteiger partial charge in [0, 0.05) is 18.1 Å². The molecule has 0 saturated carbocycles. The monoisotopic (exact) mass is 369 g/mol. The maximum atomic E-state index is 13.5. The first kappa shape index (κ1) is 15.7. The number of nitrogens with zero attached hydrogens (tertiary/aromatic N) is 1. The van der Waals surface area contributed by atoms with E-state index in [4.69, 9.17) is 14.2 Å². The minimum Gasteiger partial charge on any atom is -0.497 e. The molecule has 1 amide bonds. The summed E-state index contributed by atoms with van der Waals surface area (Å²) in [5, 5.41) is 9.76. The van der Waals surface area contributed by atoms with Crippen molar-refractivity contribution in [1.82, 2.24) is 0 Å². The number of hydrogen-bond donors (Lipinski definition) is 1. The second kappa shape index (κ2) is 4.91. The number of methoxy groups -OCH3 is 1. The first-order valence-corrected chi connectivity index (χ1v) is 9.29. The molecule has 1 aromatic carbocycles. The molecule has 2 bridgehead atoms. The van der Waals surface area contributed by atoms with Crippen molar-refractivity contribution in [3.8, 4) is 5.75 Å². The number of carbonyl (C=O) groups excluding carboxylic acids is 1. The lowest BCUT2D eigenvalue weighted by Crippen LogP contribution is -2.53. The van der Waals surface area contributed by atoms with Crippen molar-refractivity contribution in [3.63, 3.8) is 0 Å². The number of anilines is 1. The van der Waals surface area contributed by atoms with Crippen LogP contribution in [-0.2, 0) is 19.1 Å². The van der Waals surface area contributed by atoms with Gasteiger partial charge in [-0.25, -0.2) is 0 Å². The molecule has 27 heavy (non-hydrogen) atoms. The van der Waals surface area contributed by atoms with Crippen molar-refractivity contribution in [2.24, 2.45) is 17.8 Å². The maximum absolute atomic E-state index is 13.5. The lowest BCUT2D eigenvalue weighted by Gasteiger charge is -2.44. The highest BCUT2D eigenvalue weighted by molar-refractivity contribution is 6.04. The summed E-state index contributed by atoms with van der Waals surface area (Å²) in [7, 11) is 1.61. The Bertz CT molecular complexity index is 912. The summed E-state index contributed by atoms with van der Waals surface area (Å²) in [4.78, 5) is 27.2. The summed E-state index contributed by atoms with van der Waals surface area (Å²) >= 11 is 0. The summed E-state index contributed by atoms with van der Waals surface area (Å²) in [6.07, 6.45) is 3.90. The largest absolute Gasteiger partial charge is 0.497 e. The Hall–Kier alpha value is -2.38. The van der Waals surface area contributed by atoms with Gasteiger partial charge in [-0.1, -0.05) is 12.2 Å². The SMILES string of the molecule is COc1ccc2c(c1)[C@@H]1OCC[C@H]1[C@@H]1N2C(=O)[C@H]2[C@@H](C(=O)O)[C@H]3C=C[C@@]12O3. The van der Waals surface area contributed by atoms with Crippen LogP contribution in [-0.4, -0.2) is 48.4 Å². The zero-order chi connectivity index (χ0) is 18.5. The highest BCUT2D eigenvalue weighted by Gasteiger charge is 2.74. The standard InChI is InChI=1S/C20H19NO6/c1-25-9-2-3-12-11(8-9)16-10(5-7-26-16)17-20-6-4-13(27-20)14(19(23)24)15(20)18(22)21(12)17/h2-4,6,8,10,13-17H,5,7H2,1H3,(H,23,24)/t10-,13-,14+,15-,16-,17+,20+/m1/s1. The quantitative estimate of drug-likeness (QED) is 0.796. The van der Waals surface area contributed by atoms with Gasteiger partial charge in [0.15, 0.2) is 0 Å². The number of fused-ring (bicyclic) bond motifs is 7. The van der Waals surface area contributed by atoms with E-state index in [0.29, 0.717) is 12.4 Å². The van der Waals surface area contributed by atoms with Crippen LogP contribution in [0.4, 0.5) is 5.69 Å². The van der Waals surface area contributed by atoms with Crippen LogP contribution in [0.2, 0.25) is 0 Å². The van der Waals surface area contributed by atoms with Crippen molar-refractivity contribution in [2.45, 2.75) is 30.3 Å². The highest BCUT2D eigenvalue weighted by Crippen LogP contribution is 2.62. The number of amides is 1. The van der Waals surface area contributed by atoms with Crippen LogP contribution in [0.25, 0.3) is 0 Å². The molecule has 3 fully saturated rings. The van der Waals surface area contributed by atoms with Gasteiger partial charge in [-0.05, 0) is 24.6 Å². The predicted molar refractivity (Wildman–Crippen MR) is 92.4 cm³/mol. The topological polar surface area (TPSA) is 85.3 Å². The molecule has 0 aromatic heterocycles. The van der Waals surface area contributed by atoms with Gasteiger partial charge in [0.05, 0.1) is 37.0 Å². The van der Waals surface area contributed by atoms with E-state index >= 15 is 0 Å². The highest BCUT2D eigenvalue weighted by atomic mass is 16.5. The average Bonchev–Trinajstić information content (AvgIpc) is 3.41. The minimum atomic E-state index is -0.974. The molecule has 1 spiro atoms.